The van der Waals surface area contributed by atoms with Crippen LogP contribution in [0.15, 0.2) is 11.6 Å². The van der Waals surface area contributed by atoms with Crippen LogP contribution in [-0.2, 0) is 42.7 Å². The van der Waals surface area contributed by atoms with Gasteiger partial charge < -0.3 is 104 Å². The number of Topliss-reactive ketones (excluding diaryl/α,β-unsaturated/α-hetero) is 1. The molecule has 3 saturated carbocycles. The maximum Gasteiger partial charge on any atom is 0.187 e. The highest BCUT2D eigenvalue weighted by molar-refractivity contribution is 5.81. The Balaban J connectivity index is 0.854. The van der Waals surface area contributed by atoms with E-state index >= 15 is 0 Å². The van der Waals surface area contributed by atoms with Crippen LogP contribution in [-0.4, -0.2) is 228 Å². The van der Waals surface area contributed by atoms with Gasteiger partial charge in [-0.05, 0) is 98.7 Å². The number of allylic oxidation sites excluding steroid dienone is 1. The van der Waals surface area contributed by atoms with E-state index in [0.717, 1.165) is 25.7 Å². The van der Waals surface area contributed by atoms with E-state index in [0.29, 0.717) is 37.5 Å². The quantitative estimate of drug-likeness (QED) is 0.0709. The third kappa shape index (κ3) is 10.8. The molecule has 0 aromatic heterocycles. The number of aliphatic hydroxyl groups excluding tert-OH is 13. The van der Waals surface area contributed by atoms with Gasteiger partial charge in [-0.1, -0.05) is 39.3 Å². The van der Waals surface area contributed by atoms with Gasteiger partial charge in [0.25, 0.3) is 0 Å². The van der Waals surface area contributed by atoms with E-state index in [1.54, 1.807) is 0 Å². The Bertz CT molecular complexity index is 1840. The van der Waals surface area contributed by atoms with Crippen molar-refractivity contribution in [3.63, 3.8) is 0 Å². The summed E-state index contributed by atoms with van der Waals surface area (Å²) in [6.45, 7) is 8.30. The fourth-order valence-corrected chi connectivity index (χ4v) is 14.1. The van der Waals surface area contributed by atoms with Gasteiger partial charge in [-0.2, -0.15) is 0 Å². The van der Waals surface area contributed by atoms with E-state index in [-0.39, 0.29) is 53.3 Å². The number of ether oxygens (including phenoxy) is 8. The normalized spacial score (nSPS) is 51.6. The van der Waals surface area contributed by atoms with E-state index in [1.807, 2.05) is 13.8 Å². The molecule has 4 heterocycles. The average molecular weight is 1040 g/mol. The lowest BCUT2D eigenvalue weighted by atomic mass is 9.47. The van der Waals surface area contributed by atoms with Crippen molar-refractivity contribution in [2.75, 3.05) is 26.4 Å². The van der Waals surface area contributed by atoms with Crippen molar-refractivity contribution in [2.24, 2.45) is 46.3 Å². The first kappa shape index (κ1) is 56.8. The molecule has 0 radical (unpaired) electrons. The summed E-state index contributed by atoms with van der Waals surface area (Å²) in [4.78, 5) is 13.9. The highest BCUT2D eigenvalue weighted by Gasteiger charge is 2.63. The zero-order valence-electron chi connectivity index (χ0n) is 41.8. The van der Waals surface area contributed by atoms with Gasteiger partial charge in [-0.3, -0.25) is 4.79 Å². The fourth-order valence-electron chi connectivity index (χ4n) is 14.1. The second-order valence-corrected chi connectivity index (χ2v) is 22.9. The van der Waals surface area contributed by atoms with Crippen molar-refractivity contribution in [3.05, 3.63) is 11.6 Å². The van der Waals surface area contributed by atoms with Crippen molar-refractivity contribution < 1.29 is 109 Å². The number of aliphatic hydroxyl groups is 13. The number of ketones is 1. The molecule has 0 unspecified atom stereocenters. The standard InChI is InChI=1S/C50H82O22/c1-20(18-65-45-41(63)37(59)36(58)31(16-51)69-45)6-9-28(53)21(2)33-29(54)15-27-25-8-7-23-14-24(10-12-49(23,4)26(25)11-13-50(27,33)5)68-47-42(64)39(61)43(32(17-52)70-47)71-48-44(38(60)34(56)22(3)67-48)72-46-40(62)35(57)30(55)19-66-46/h7,20-22,24-27,29-48,51-52,54-64H,6,8-19H2,1-5H3/t20-,21-,22+,24+,25-,26+,27+,29-,30-,31-,32-,33+,34+,35+,36-,37+,38-,39-,40-,41-,42-,43-,44-,45-,46+,47-,48+,49+,50+/m1/s1. The van der Waals surface area contributed by atoms with Gasteiger partial charge in [-0.15, -0.1) is 0 Å². The molecular weight excluding hydrogens is 953 g/mol. The highest BCUT2D eigenvalue weighted by atomic mass is 16.8. The molecule has 22 heteroatoms. The zero-order chi connectivity index (χ0) is 52.3. The van der Waals surface area contributed by atoms with Crippen LogP contribution >= 0.6 is 0 Å². The van der Waals surface area contributed by atoms with E-state index in [9.17, 15) is 71.2 Å². The fraction of sp³-hybridized carbons (Fsp3) is 0.940. The largest absolute Gasteiger partial charge is 0.394 e. The third-order valence-electron chi connectivity index (χ3n) is 18.5. The summed E-state index contributed by atoms with van der Waals surface area (Å²) in [5.41, 5.74) is 0.819. The predicted molar refractivity (Wildman–Crippen MR) is 245 cm³/mol. The van der Waals surface area contributed by atoms with Crippen LogP contribution in [0.25, 0.3) is 0 Å². The molecule has 0 amide bonds. The zero-order valence-corrected chi connectivity index (χ0v) is 41.8. The van der Waals surface area contributed by atoms with E-state index in [2.05, 4.69) is 19.9 Å². The minimum absolute atomic E-state index is 0.0652. The Labute approximate surface area is 419 Å². The summed E-state index contributed by atoms with van der Waals surface area (Å²) < 4.78 is 46.6. The van der Waals surface area contributed by atoms with Crippen LogP contribution in [0.5, 0.6) is 0 Å². The molecule has 414 valence electrons. The molecule has 8 aliphatic rings. The molecule has 0 aromatic rings. The maximum atomic E-state index is 13.9. The Morgan fingerprint density at radius 2 is 1.35 bits per heavy atom. The van der Waals surface area contributed by atoms with Crippen LogP contribution in [0.3, 0.4) is 0 Å². The molecular formula is C50H82O22. The van der Waals surface area contributed by atoms with Crippen molar-refractivity contribution in [2.45, 2.75) is 221 Å². The monoisotopic (exact) mass is 1030 g/mol. The van der Waals surface area contributed by atoms with Gasteiger partial charge >= 0.3 is 0 Å². The van der Waals surface area contributed by atoms with Gasteiger partial charge in [0.05, 0.1) is 44.7 Å². The maximum absolute atomic E-state index is 13.9. The van der Waals surface area contributed by atoms with Gasteiger partial charge in [0.2, 0.25) is 0 Å². The number of carbonyl (C=O) groups excluding carboxylic acids is 1. The summed E-state index contributed by atoms with van der Waals surface area (Å²) in [5, 5.41) is 137. The molecule has 29 atom stereocenters. The Hall–Kier alpha value is -1.43. The Morgan fingerprint density at radius 3 is 2.06 bits per heavy atom. The molecule has 4 aliphatic heterocycles. The summed E-state index contributed by atoms with van der Waals surface area (Å²) in [7, 11) is 0. The molecule has 7 fully saturated rings. The first-order valence-corrected chi connectivity index (χ1v) is 26.1. The van der Waals surface area contributed by atoms with Crippen LogP contribution in [0.1, 0.15) is 92.4 Å². The van der Waals surface area contributed by atoms with Crippen molar-refractivity contribution in [3.8, 4) is 0 Å². The van der Waals surface area contributed by atoms with Crippen LogP contribution < -0.4 is 0 Å². The average Bonchev–Trinajstić information content (AvgIpc) is 3.63. The lowest BCUT2D eigenvalue weighted by Gasteiger charge is -2.58. The molecule has 0 bridgehead atoms. The number of hydrogen-bond acceptors (Lipinski definition) is 22. The van der Waals surface area contributed by atoms with Gasteiger partial charge in [-0.25, -0.2) is 0 Å². The third-order valence-corrected chi connectivity index (χ3v) is 18.5. The van der Waals surface area contributed by atoms with Gasteiger partial charge in [0.1, 0.15) is 91.2 Å². The number of fused-ring (bicyclic) bond motifs is 5. The van der Waals surface area contributed by atoms with E-state index in [1.165, 1.54) is 12.5 Å². The molecule has 4 saturated heterocycles. The summed E-state index contributed by atoms with van der Waals surface area (Å²) in [6, 6.07) is 0. The van der Waals surface area contributed by atoms with E-state index in [4.69, 9.17) is 37.9 Å². The Kier molecular flexibility index (Phi) is 18.0. The predicted octanol–water partition coefficient (Wildman–Crippen LogP) is -2.53. The number of hydrogen-bond donors (Lipinski definition) is 13. The molecule has 22 nitrogen and oxygen atoms in total. The Morgan fingerprint density at radius 1 is 0.694 bits per heavy atom. The van der Waals surface area contributed by atoms with E-state index < -0.39 is 149 Å². The highest BCUT2D eigenvalue weighted by Crippen LogP contribution is 2.67. The SMILES string of the molecule is C[C@H](CCC(=O)[C@@H](C)[C@H]1[C@H](O)C[C@H]2[C@@H]3CC=C4C[C@@H](O[C@@H]5O[C@H](CO)[C@@H](O[C@@H]6O[C@@H](C)[C@H](O)[C@@H](O)[C@H]6O[C@@H]6OC[C@@H](O)[C@H](O)[C@H]6O)[C@H](O)[C@H]5O)CC[C@]4(C)[C@H]3CC[C@]12C)CO[C@@H]1O[C@H](CO)[C@@H](O)[C@H](O)[C@H]1O. The van der Waals surface area contributed by atoms with Crippen molar-refractivity contribution in [1.82, 2.24) is 0 Å². The van der Waals surface area contributed by atoms with Crippen LogP contribution in [0.4, 0.5) is 0 Å². The molecule has 0 spiro atoms. The second-order valence-electron chi connectivity index (χ2n) is 22.9. The lowest BCUT2D eigenvalue weighted by Crippen LogP contribution is -2.66. The van der Waals surface area contributed by atoms with Gasteiger partial charge in [0, 0.05) is 12.3 Å². The summed E-state index contributed by atoms with van der Waals surface area (Å²) in [5.74, 6) is 0.172. The lowest BCUT2D eigenvalue weighted by molar-refractivity contribution is -0.382. The molecule has 72 heavy (non-hydrogen) atoms. The number of carbonyl (C=O) groups is 1. The number of rotatable bonds is 16. The summed E-state index contributed by atoms with van der Waals surface area (Å²) in [6.07, 6.45) is -21.0. The molecule has 13 N–H and O–H groups in total. The van der Waals surface area contributed by atoms with Crippen LogP contribution in [0.2, 0.25) is 0 Å². The molecule has 4 aliphatic carbocycles. The van der Waals surface area contributed by atoms with Crippen LogP contribution in [0, 0.1) is 46.3 Å². The molecule has 8 rings (SSSR count). The minimum atomic E-state index is -1.75. The van der Waals surface area contributed by atoms with Crippen molar-refractivity contribution in [1.29, 1.82) is 0 Å². The first-order chi connectivity index (χ1) is 34.0. The second kappa shape index (κ2) is 22.9. The van der Waals surface area contributed by atoms with Gasteiger partial charge in [0.15, 0.2) is 25.2 Å². The van der Waals surface area contributed by atoms with Crippen molar-refractivity contribution >= 4 is 5.78 Å². The molecule has 0 aromatic carbocycles. The topological polar surface area (TPSA) is 354 Å². The summed E-state index contributed by atoms with van der Waals surface area (Å²) >= 11 is 0. The smallest absolute Gasteiger partial charge is 0.187 e. The first-order valence-electron chi connectivity index (χ1n) is 26.1. The minimum Gasteiger partial charge on any atom is -0.394 e.